The van der Waals surface area contributed by atoms with Gasteiger partial charge in [0.15, 0.2) is 0 Å². The zero-order valence-electron chi connectivity index (χ0n) is 9.62. The fourth-order valence-electron chi connectivity index (χ4n) is 2.90. The maximum atomic E-state index is 4.25. The van der Waals surface area contributed by atoms with Crippen molar-refractivity contribution in [2.75, 3.05) is 0 Å². The molecule has 1 N–H and O–H groups in total. The first kappa shape index (κ1) is 11.9. The molecule has 4 heteroatoms. The molecule has 88 valence electrons. The van der Waals surface area contributed by atoms with Gasteiger partial charge in [0.1, 0.15) is 0 Å². The molecule has 0 radical (unpaired) electrons. The van der Waals surface area contributed by atoms with Crippen LogP contribution < -0.4 is 5.43 Å². The van der Waals surface area contributed by atoms with Gasteiger partial charge >= 0.3 is 0 Å². The minimum Gasteiger partial charge on any atom is -0.302 e. The number of hydrogen-bond acceptors (Lipinski definition) is 3. The molecule has 2 atom stereocenters. The SMILES string of the molecule is Cc1sc(C)c2c1CCCC1C=NNC21.Cl. The number of hydrazone groups is 1. The zero-order valence-corrected chi connectivity index (χ0v) is 11.3. The van der Waals surface area contributed by atoms with Crippen LogP contribution in [0.1, 0.15) is 39.8 Å². The van der Waals surface area contributed by atoms with Crippen LogP contribution in [0.25, 0.3) is 0 Å². The van der Waals surface area contributed by atoms with Gasteiger partial charge in [-0.25, -0.2) is 0 Å². The highest BCUT2D eigenvalue weighted by atomic mass is 35.5. The van der Waals surface area contributed by atoms with Crippen molar-refractivity contribution in [3.8, 4) is 0 Å². The van der Waals surface area contributed by atoms with Crippen LogP contribution in [0, 0.1) is 19.8 Å². The summed E-state index contributed by atoms with van der Waals surface area (Å²) in [6.45, 7) is 4.51. The smallest absolute Gasteiger partial charge is 0.0780 e. The number of nitrogens with zero attached hydrogens (tertiary/aromatic N) is 1. The molecule has 2 nitrogen and oxygen atoms in total. The molecule has 16 heavy (non-hydrogen) atoms. The van der Waals surface area contributed by atoms with Crippen molar-refractivity contribution in [3.63, 3.8) is 0 Å². The van der Waals surface area contributed by atoms with Crippen LogP contribution in [0.15, 0.2) is 5.10 Å². The van der Waals surface area contributed by atoms with Crippen molar-refractivity contribution in [2.45, 2.75) is 39.2 Å². The van der Waals surface area contributed by atoms with Crippen molar-refractivity contribution in [1.82, 2.24) is 5.43 Å². The number of nitrogens with one attached hydrogen (secondary N) is 1. The fourth-order valence-corrected chi connectivity index (χ4v) is 4.06. The Morgan fingerprint density at radius 2 is 2.19 bits per heavy atom. The van der Waals surface area contributed by atoms with Crippen molar-refractivity contribution in [1.29, 1.82) is 0 Å². The lowest BCUT2D eigenvalue weighted by Gasteiger charge is -2.16. The third-order valence-corrected chi connectivity index (χ3v) is 4.70. The number of thiophene rings is 1. The van der Waals surface area contributed by atoms with Crippen LogP contribution in [-0.2, 0) is 6.42 Å². The molecule has 0 spiro atoms. The minimum absolute atomic E-state index is 0. The minimum atomic E-state index is 0. The van der Waals surface area contributed by atoms with E-state index in [0.29, 0.717) is 12.0 Å². The van der Waals surface area contributed by atoms with Gasteiger partial charge in [-0.15, -0.1) is 23.7 Å². The molecule has 0 saturated carbocycles. The monoisotopic (exact) mass is 256 g/mol. The van der Waals surface area contributed by atoms with Crippen molar-refractivity contribution >= 4 is 30.0 Å². The van der Waals surface area contributed by atoms with Gasteiger partial charge in [0.05, 0.1) is 6.04 Å². The van der Waals surface area contributed by atoms with Gasteiger partial charge < -0.3 is 5.43 Å². The molecule has 3 rings (SSSR count). The molecule has 0 aromatic carbocycles. The predicted molar refractivity (Wildman–Crippen MR) is 71.8 cm³/mol. The normalized spacial score (nSPS) is 26.4. The summed E-state index contributed by atoms with van der Waals surface area (Å²) in [4.78, 5) is 2.99. The third-order valence-electron chi connectivity index (χ3n) is 3.62. The van der Waals surface area contributed by atoms with E-state index in [4.69, 9.17) is 0 Å². The van der Waals surface area contributed by atoms with Crippen LogP contribution in [0.3, 0.4) is 0 Å². The molecular weight excluding hydrogens is 240 g/mol. The summed E-state index contributed by atoms with van der Waals surface area (Å²) in [6, 6.07) is 0.465. The number of hydrogen-bond donors (Lipinski definition) is 1. The van der Waals surface area contributed by atoms with Crippen LogP contribution in [0.4, 0.5) is 0 Å². The Balaban J connectivity index is 0.000000963. The number of halogens is 1. The molecule has 0 saturated heterocycles. The van der Waals surface area contributed by atoms with E-state index < -0.39 is 0 Å². The second kappa shape index (κ2) is 4.38. The highest BCUT2D eigenvalue weighted by Crippen LogP contribution is 2.41. The van der Waals surface area contributed by atoms with E-state index in [1.165, 1.54) is 29.0 Å². The molecule has 0 bridgehead atoms. The second-order valence-electron chi connectivity index (χ2n) is 4.55. The van der Waals surface area contributed by atoms with Crippen LogP contribution in [0.5, 0.6) is 0 Å². The molecule has 2 unspecified atom stereocenters. The lowest BCUT2D eigenvalue weighted by molar-refractivity contribution is 0.479. The topological polar surface area (TPSA) is 24.4 Å². The lowest BCUT2D eigenvalue weighted by Crippen LogP contribution is -2.18. The van der Waals surface area contributed by atoms with Gasteiger partial charge in [0.25, 0.3) is 0 Å². The number of aryl methyl sites for hydroxylation is 2. The molecule has 1 aliphatic heterocycles. The molecule has 1 aromatic rings. The van der Waals surface area contributed by atoms with Gasteiger partial charge in [-0.05, 0) is 44.2 Å². The van der Waals surface area contributed by atoms with E-state index in [2.05, 4.69) is 30.6 Å². The Kier molecular flexibility index (Phi) is 3.27. The quantitative estimate of drug-likeness (QED) is 0.756. The Bertz CT molecular complexity index is 425. The van der Waals surface area contributed by atoms with Crippen LogP contribution >= 0.6 is 23.7 Å². The van der Waals surface area contributed by atoms with E-state index in [1.54, 1.807) is 11.1 Å². The van der Waals surface area contributed by atoms with E-state index in [9.17, 15) is 0 Å². The van der Waals surface area contributed by atoms with Crippen molar-refractivity contribution < 1.29 is 0 Å². The molecule has 2 aliphatic rings. The average molecular weight is 257 g/mol. The average Bonchev–Trinajstić information content (AvgIpc) is 2.68. The second-order valence-corrected chi connectivity index (χ2v) is 5.98. The zero-order chi connectivity index (χ0) is 10.4. The highest BCUT2D eigenvalue weighted by molar-refractivity contribution is 7.12. The van der Waals surface area contributed by atoms with E-state index in [1.807, 2.05) is 11.3 Å². The molecule has 1 aromatic heterocycles. The number of fused-ring (bicyclic) bond motifs is 3. The maximum Gasteiger partial charge on any atom is 0.0780 e. The molecule has 0 amide bonds. The maximum absolute atomic E-state index is 4.25. The van der Waals surface area contributed by atoms with Crippen molar-refractivity contribution in [3.05, 3.63) is 20.9 Å². The Morgan fingerprint density at radius 1 is 1.38 bits per heavy atom. The molecular formula is C12H17ClN2S. The van der Waals surface area contributed by atoms with Gasteiger partial charge in [-0.2, -0.15) is 5.10 Å². The Morgan fingerprint density at radius 3 is 3.00 bits per heavy atom. The van der Waals surface area contributed by atoms with Gasteiger partial charge in [-0.1, -0.05) is 0 Å². The third kappa shape index (κ3) is 1.66. The lowest BCUT2D eigenvalue weighted by atomic mass is 9.93. The Labute approximate surface area is 107 Å². The van der Waals surface area contributed by atoms with Crippen molar-refractivity contribution in [2.24, 2.45) is 11.0 Å². The van der Waals surface area contributed by atoms with E-state index in [0.717, 1.165) is 0 Å². The van der Waals surface area contributed by atoms with E-state index in [-0.39, 0.29) is 12.4 Å². The number of rotatable bonds is 0. The first-order valence-electron chi connectivity index (χ1n) is 5.65. The van der Waals surface area contributed by atoms with Crippen LogP contribution in [-0.4, -0.2) is 6.21 Å². The summed E-state index contributed by atoms with van der Waals surface area (Å²) in [5, 5.41) is 4.25. The van der Waals surface area contributed by atoms with Crippen LogP contribution in [0.2, 0.25) is 0 Å². The molecule has 2 heterocycles. The highest BCUT2D eigenvalue weighted by Gasteiger charge is 2.32. The summed E-state index contributed by atoms with van der Waals surface area (Å²) >= 11 is 1.95. The Hall–Kier alpha value is -0.540. The first-order valence-corrected chi connectivity index (χ1v) is 6.46. The predicted octanol–water partition coefficient (Wildman–Crippen LogP) is 3.37. The summed E-state index contributed by atoms with van der Waals surface area (Å²) < 4.78 is 0. The largest absolute Gasteiger partial charge is 0.302 e. The van der Waals surface area contributed by atoms with E-state index >= 15 is 0 Å². The summed E-state index contributed by atoms with van der Waals surface area (Å²) in [7, 11) is 0. The molecule has 1 aliphatic carbocycles. The summed E-state index contributed by atoms with van der Waals surface area (Å²) in [5.74, 6) is 0.624. The summed E-state index contributed by atoms with van der Waals surface area (Å²) in [5.41, 5.74) is 6.44. The molecule has 0 fully saturated rings. The van der Waals surface area contributed by atoms with Gasteiger partial charge in [0, 0.05) is 21.9 Å². The van der Waals surface area contributed by atoms with Gasteiger partial charge in [0.2, 0.25) is 0 Å². The standard InChI is InChI=1S/C12H16N2S.ClH/c1-7-10-5-3-4-9-6-13-14-12(9)11(10)8(2)15-7;/h6,9,12,14H,3-5H2,1-2H3;1H. The first-order chi connectivity index (χ1) is 7.27. The van der Waals surface area contributed by atoms with Gasteiger partial charge in [-0.3, -0.25) is 0 Å². The summed E-state index contributed by atoms with van der Waals surface area (Å²) in [6.07, 6.45) is 5.94. The fraction of sp³-hybridized carbons (Fsp3) is 0.583.